The summed E-state index contributed by atoms with van der Waals surface area (Å²) in [5.41, 5.74) is 6.15. The van der Waals surface area contributed by atoms with Gasteiger partial charge >= 0.3 is 0 Å². The summed E-state index contributed by atoms with van der Waals surface area (Å²) in [6, 6.07) is 0.903. The fourth-order valence-electron chi connectivity index (χ4n) is 1.86. The van der Waals surface area contributed by atoms with Crippen LogP contribution in [0.5, 0.6) is 0 Å². The second kappa shape index (κ2) is 5.69. The number of hydrogen-bond donors (Lipinski definition) is 1. The standard InChI is InChI=1S/C11H24N2O/c1-4-9(2)13(3)7-11(12)10-5-6-14-8-10/h9-11H,4-8,12H2,1-3H3. The molecule has 0 aliphatic carbocycles. The number of nitrogens with zero attached hydrogens (tertiary/aromatic N) is 1. The lowest BCUT2D eigenvalue weighted by Crippen LogP contribution is -2.43. The summed E-state index contributed by atoms with van der Waals surface area (Å²) in [6.07, 6.45) is 2.32. The normalized spacial score (nSPS) is 26.8. The molecule has 0 aromatic carbocycles. The maximum absolute atomic E-state index is 6.15. The van der Waals surface area contributed by atoms with E-state index in [1.165, 1.54) is 6.42 Å². The fraction of sp³-hybridized carbons (Fsp3) is 1.00. The van der Waals surface area contributed by atoms with Gasteiger partial charge in [-0.25, -0.2) is 0 Å². The Kier molecular flexibility index (Phi) is 4.85. The minimum Gasteiger partial charge on any atom is -0.381 e. The van der Waals surface area contributed by atoms with Crippen LogP contribution in [0.3, 0.4) is 0 Å². The molecule has 0 spiro atoms. The van der Waals surface area contributed by atoms with Crippen molar-refractivity contribution in [3.63, 3.8) is 0 Å². The van der Waals surface area contributed by atoms with Gasteiger partial charge in [0.25, 0.3) is 0 Å². The van der Waals surface area contributed by atoms with Crippen molar-refractivity contribution in [2.45, 2.75) is 38.8 Å². The Hall–Kier alpha value is -0.120. The van der Waals surface area contributed by atoms with E-state index in [9.17, 15) is 0 Å². The number of nitrogens with two attached hydrogens (primary N) is 1. The molecule has 1 fully saturated rings. The maximum atomic E-state index is 6.15. The monoisotopic (exact) mass is 200 g/mol. The van der Waals surface area contributed by atoms with Crippen LogP contribution in [0.1, 0.15) is 26.7 Å². The average molecular weight is 200 g/mol. The smallest absolute Gasteiger partial charge is 0.0510 e. The Morgan fingerprint density at radius 2 is 2.29 bits per heavy atom. The van der Waals surface area contributed by atoms with Gasteiger partial charge in [-0.3, -0.25) is 0 Å². The molecule has 0 saturated carbocycles. The topological polar surface area (TPSA) is 38.5 Å². The average Bonchev–Trinajstić information content (AvgIpc) is 2.69. The molecular weight excluding hydrogens is 176 g/mol. The molecule has 3 heteroatoms. The molecule has 3 atom stereocenters. The Balaban J connectivity index is 2.27. The van der Waals surface area contributed by atoms with Crippen molar-refractivity contribution in [3.8, 4) is 0 Å². The molecule has 84 valence electrons. The van der Waals surface area contributed by atoms with E-state index in [1.807, 2.05) is 0 Å². The quantitative estimate of drug-likeness (QED) is 0.722. The third-order valence-electron chi connectivity index (χ3n) is 3.41. The molecular formula is C11H24N2O. The van der Waals surface area contributed by atoms with Crippen LogP contribution in [0.15, 0.2) is 0 Å². The van der Waals surface area contributed by atoms with E-state index in [2.05, 4.69) is 25.8 Å². The molecule has 0 radical (unpaired) electrons. The van der Waals surface area contributed by atoms with Gasteiger partial charge in [0.05, 0.1) is 6.61 Å². The van der Waals surface area contributed by atoms with Crippen LogP contribution in [0.25, 0.3) is 0 Å². The van der Waals surface area contributed by atoms with Crippen molar-refractivity contribution < 1.29 is 4.74 Å². The van der Waals surface area contributed by atoms with Crippen molar-refractivity contribution in [2.75, 3.05) is 26.8 Å². The van der Waals surface area contributed by atoms with Gasteiger partial charge in [-0.15, -0.1) is 0 Å². The molecule has 1 rings (SSSR count). The van der Waals surface area contributed by atoms with Gasteiger partial charge < -0.3 is 15.4 Å². The third kappa shape index (κ3) is 3.23. The first-order valence-corrected chi connectivity index (χ1v) is 5.68. The summed E-state index contributed by atoms with van der Waals surface area (Å²) in [5.74, 6) is 0.571. The molecule has 3 unspecified atom stereocenters. The van der Waals surface area contributed by atoms with Crippen LogP contribution in [0.2, 0.25) is 0 Å². The fourth-order valence-corrected chi connectivity index (χ4v) is 1.86. The van der Waals surface area contributed by atoms with Crippen molar-refractivity contribution in [1.82, 2.24) is 4.90 Å². The van der Waals surface area contributed by atoms with Gasteiger partial charge in [0.1, 0.15) is 0 Å². The molecule has 14 heavy (non-hydrogen) atoms. The molecule has 0 bridgehead atoms. The van der Waals surface area contributed by atoms with Crippen molar-refractivity contribution in [1.29, 1.82) is 0 Å². The molecule has 3 nitrogen and oxygen atoms in total. The zero-order valence-electron chi connectivity index (χ0n) is 9.70. The second-order valence-electron chi connectivity index (χ2n) is 4.48. The summed E-state index contributed by atoms with van der Waals surface area (Å²) in [5, 5.41) is 0. The van der Waals surface area contributed by atoms with Crippen LogP contribution in [-0.4, -0.2) is 43.8 Å². The molecule has 0 aromatic heterocycles. The van der Waals surface area contributed by atoms with Gasteiger partial charge in [0.2, 0.25) is 0 Å². The minimum atomic E-state index is 0.275. The molecule has 1 aliphatic heterocycles. The highest BCUT2D eigenvalue weighted by Crippen LogP contribution is 2.16. The van der Waals surface area contributed by atoms with Gasteiger partial charge in [0, 0.05) is 31.2 Å². The molecule has 1 aliphatic rings. The Labute approximate surface area is 87.6 Å². The largest absolute Gasteiger partial charge is 0.381 e. The van der Waals surface area contributed by atoms with E-state index < -0.39 is 0 Å². The first-order chi connectivity index (χ1) is 6.65. The lowest BCUT2D eigenvalue weighted by Gasteiger charge is -2.28. The van der Waals surface area contributed by atoms with Crippen molar-refractivity contribution in [2.24, 2.45) is 11.7 Å². The molecule has 0 aromatic rings. The maximum Gasteiger partial charge on any atom is 0.0510 e. The zero-order valence-corrected chi connectivity index (χ0v) is 9.70. The van der Waals surface area contributed by atoms with Crippen molar-refractivity contribution >= 4 is 0 Å². The van der Waals surface area contributed by atoms with E-state index in [0.717, 1.165) is 26.2 Å². The summed E-state index contributed by atoms with van der Waals surface area (Å²) >= 11 is 0. The van der Waals surface area contributed by atoms with Crippen LogP contribution in [-0.2, 0) is 4.74 Å². The van der Waals surface area contributed by atoms with E-state index in [1.54, 1.807) is 0 Å². The highest BCUT2D eigenvalue weighted by atomic mass is 16.5. The van der Waals surface area contributed by atoms with Crippen LogP contribution in [0.4, 0.5) is 0 Å². The van der Waals surface area contributed by atoms with E-state index in [0.29, 0.717) is 12.0 Å². The second-order valence-corrected chi connectivity index (χ2v) is 4.48. The molecule has 1 saturated heterocycles. The number of likely N-dealkylation sites (N-methyl/N-ethyl adjacent to an activating group) is 1. The summed E-state index contributed by atoms with van der Waals surface area (Å²) in [6.45, 7) is 7.20. The van der Waals surface area contributed by atoms with Gasteiger partial charge in [0.15, 0.2) is 0 Å². The van der Waals surface area contributed by atoms with Crippen LogP contribution < -0.4 is 5.73 Å². The predicted molar refractivity (Wildman–Crippen MR) is 59.3 cm³/mol. The van der Waals surface area contributed by atoms with E-state index in [4.69, 9.17) is 10.5 Å². The number of rotatable bonds is 5. The van der Waals surface area contributed by atoms with Crippen LogP contribution in [0, 0.1) is 5.92 Å². The van der Waals surface area contributed by atoms with E-state index in [-0.39, 0.29) is 6.04 Å². The highest BCUT2D eigenvalue weighted by molar-refractivity contribution is 4.79. The third-order valence-corrected chi connectivity index (χ3v) is 3.41. The molecule has 1 heterocycles. The Bertz CT molecular complexity index is 157. The van der Waals surface area contributed by atoms with Crippen molar-refractivity contribution in [3.05, 3.63) is 0 Å². The minimum absolute atomic E-state index is 0.275. The zero-order chi connectivity index (χ0) is 10.6. The summed E-state index contributed by atoms with van der Waals surface area (Å²) in [4.78, 5) is 2.35. The van der Waals surface area contributed by atoms with Gasteiger partial charge in [-0.2, -0.15) is 0 Å². The first-order valence-electron chi connectivity index (χ1n) is 5.68. The van der Waals surface area contributed by atoms with Gasteiger partial charge in [-0.05, 0) is 26.8 Å². The highest BCUT2D eigenvalue weighted by Gasteiger charge is 2.24. The van der Waals surface area contributed by atoms with E-state index >= 15 is 0 Å². The Morgan fingerprint density at radius 3 is 2.79 bits per heavy atom. The number of hydrogen-bond acceptors (Lipinski definition) is 3. The SMILES string of the molecule is CCC(C)N(C)CC(N)C1CCOC1. The summed E-state index contributed by atoms with van der Waals surface area (Å²) in [7, 11) is 2.16. The first kappa shape index (κ1) is 12.0. The lowest BCUT2D eigenvalue weighted by atomic mass is 9.99. The molecule has 2 N–H and O–H groups in total. The Morgan fingerprint density at radius 1 is 1.57 bits per heavy atom. The van der Waals surface area contributed by atoms with Crippen LogP contribution >= 0.6 is 0 Å². The van der Waals surface area contributed by atoms with Gasteiger partial charge in [-0.1, -0.05) is 6.92 Å². The number of ether oxygens (including phenoxy) is 1. The lowest BCUT2D eigenvalue weighted by molar-refractivity contribution is 0.167. The predicted octanol–water partition coefficient (Wildman–Crippen LogP) is 1.08. The molecule has 0 amide bonds. The summed E-state index contributed by atoms with van der Waals surface area (Å²) < 4.78 is 5.35.